The molecule has 0 bridgehead atoms. The van der Waals surface area contributed by atoms with Crippen molar-refractivity contribution in [3.05, 3.63) is 0 Å². The third-order valence-corrected chi connectivity index (χ3v) is 22.4. The summed E-state index contributed by atoms with van der Waals surface area (Å²) in [5, 5.41) is 310. The molecule has 50 atom stereocenters. The summed E-state index contributed by atoms with van der Waals surface area (Å²) in [6.07, 6.45) is -95.2. The highest BCUT2D eigenvalue weighted by Crippen LogP contribution is 2.41. The van der Waals surface area contributed by atoms with E-state index in [9.17, 15) is 157 Å². The summed E-state index contributed by atoms with van der Waals surface area (Å²) in [5.74, 6) is -3.76. The predicted molar refractivity (Wildman–Crippen MR) is 375 cm³/mol. The number of rotatable bonds is 31. The molecule has 10 fully saturated rings. The molecule has 0 aromatic carbocycles. The number of ether oxygens (including phenoxy) is 19. The van der Waals surface area contributed by atoms with E-state index in [1.165, 1.54) is 6.92 Å². The molecule has 10 rings (SSSR count). The standard InChI is InChI=1S/C68H114N4O50/c1-15-33(84)43(94)48(99)63(106-15)104-14-28-55(39(90)29(59(103)107-28)69-16(2)80)116-60-30(70-17(3)81)40(91)54(26(12-79)112-60)119-66-51(102)56(120-68-58(47(98)37(88)23(9-76)111-68)122-62-32(72-19(5)83)42(93)53(25(11-78)114-62)118-65-50(101)45(96)35(86)21(7-74)109-65)38(89)27(115-66)13-105-67-57(46(97)36(87)22(8-75)110-67)121-61-31(71-18(4)82)41(92)52(24(10-77)113-61)117-64-49(100)44(95)34(85)20(6-73)108-64/h15,20-68,73-79,84-103H,6-14H2,1-5H3,(H,69,80)(H,70,81)(H,71,82)(H,72,83)/t15-,20+,21+,22+,23+,24+,25+,26+,27+,28+,29+,30+,31+,32+,33+,34-,35-,36+,37+,38+,39+,40+,41+,42+,43+,44-,45-,46-,47-,48-,49+,50+,51-,52+,53+,54+,55+,56-,57-,58-,59?,60-,61-,62-,63?,64-,65-,66-,67-,68+/m0/s1. The number of carbonyl (C=O) groups excluding carboxylic acids is 4. The average Bonchev–Trinajstić information content (AvgIpc) is 0.760. The van der Waals surface area contributed by atoms with Gasteiger partial charge in [-0.1, -0.05) is 0 Å². The second kappa shape index (κ2) is 43.6. The lowest BCUT2D eigenvalue weighted by Gasteiger charge is -2.51. The predicted octanol–water partition coefficient (Wildman–Crippen LogP) is -21.2. The Hall–Kier alpha value is -3.96. The van der Waals surface area contributed by atoms with Crippen LogP contribution in [0.2, 0.25) is 0 Å². The molecule has 10 saturated heterocycles. The van der Waals surface area contributed by atoms with Gasteiger partial charge in [0.15, 0.2) is 62.9 Å². The van der Waals surface area contributed by atoms with Gasteiger partial charge in [-0.2, -0.15) is 0 Å². The smallest absolute Gasteiger partial charge is 0.217 e. The van der Waals surface area contributed by atoms with Crippen molar-refractivity contribution in [1.82, 2.24) is 21.3 Å². The molecule has 10 aliphatic heterocycles. The van der Waals surface area contributed by atoms with Crippen molar-refractivity contribution in [1.29, 1.82) is 0 Å². The lowest BCUT2D eigenvalue weighted by atomic mass is 9.93. The first-order valence-electron chi connectivity index (χ1n) is 39.0. The number of aliphatic hydroxyl groups is 27. The normalized spacial score (nSPS) is 49.7. The van der Waals surface area contributed by atoms with Gasteiger partial charge in [-0.3, -0.25) is 19.2 Å². The molecule has 10 heterocycles. The minimum Gasteiger partial charge on any atom is -0.394 e. The number of hydrogen-bond acceptors (Lipinski definition) is 50. The molecule has 54 heteroatoms. The molecule has 31 N–H and O–H groups in total. The van der Waals surface area contributed by atoms with Crippen LogP contribution in [0.4, 0.5) is 0 Å². The highest BCUT2D eigenvalue weighted by atomic mass is 16.8. The van der Waals surface area contributed by atoms with Crippen LogP contribution in [0, 0.1) is 0 Å². The number of aliphatic hydroxyl groups excluding tert-OH is 27. The van der Waals surface area contributed by atoms with Crippen molar-refractivity contribution in [2.45, 2.75) is 341 Å². The lowest BCUT2D eigenvalue weighted by molar-refractivity contribution is -0.399. The molecular weight excluding hydrogens is 1670 g/mol. The van der Waals surface area contributed by atoms with Crippen LogP contribution in [0.1, 0.15) is 34.6 Å². The fourth-order valence-corrected chi connectivity index (χ4v) is 15.8. The number of carbonyl (C=O) groups is 4. The van der Waals surface area contributed by atoms with Crippen molar-refractivity contribution >= 4 is 23.6 Å². The summed E-state index contributed by atoms with van der Waals surface area (Å²) in [6, 6.07) is -7.69. The van der Waals surface area contributed by atoms with E-state index >= 15 is 0 Å². The van der Waals surface area contributed by atoms with Crippen molar-refractivity contribution < 1.29 is 247 Å². The number of nitrogens with one attached hydrogen (secondary N) is 4. The number of amides is 4. The van der Waals surface area contributed by atoms with E-state index in [2.05, 4.69) is 21.3 Å². The van der Waals surface area contributed by atoms with E-state index < -0.39 is 390 Å². The molecule has 0 saturated carbocycles. The Kier molecular flexibility index (Phi) is 35.8. The summed E-state index contributed by atoms with van der Waals surface area (Å²) in [5.41, 5.74) is 0. The molecule has 0 aromatic rings. The Balaban J connectivity index is 0.983. The van der Waals surface area contributed by atoms with Crippen LogP contribution in [-0.4, -0.2) is 528 Å². The maximum absolute atomic E-state index is 13.3. The third-order valence-electron chi connectivity index (χ3n) is 22.4. The first-order chi connectivity index (χ1) is 57.7. The van der Waals surface area contributed by atoms with Crippen molar-refractivity contribution in [3.63, 3.8) is 0 Å². The molecule has 54 nitrogen and oxygen atoms in total. The monoisotopic (exact) mass is 1790 g/mol. The first kappa shape index (κ1) is 100. The van der Waals surface area contributed by atoms with Gasteiger partial charge in [0.05, 0.1) is 65.6 Å². The maximum Gasteiger partial charge on any atom is 0.217 e. The molecule has 0 spiro atoms. The average molecular weight is 1790 g/mol. The Morgan fingerprint density at radius 2 is 0.500 bits per heavy atom. The summed E-state index contributed by atoms with van der Waals surface area (Å²) in [4.78, 5) is 51.6. The largest absolute Gasteiger partial charge is 0.394 e. The molecule has 0 aliphatic carbocycles. The Bertz CT molecular complexity index is 3290. The Labute approximate surface area is 691 Å². The second-order valence-corrected chi connectivity index (χ2v) is 31.0. The molecule has 2 unspecified atom stereocenters. The third kappa shape index (κ3) is 22.0. The van der Waals surface area contributed by atoms with E-state index in [1.54, 1.807) is 0 Å². The lowest BCUT2D eigenvalue weighted by Crippen LogP contribution is -2.71. The highest BCUT2D eigenvalue weighted by molar-refractivity contribution is 5.74. The molecule has 706 valence electrons. The van der Waals surface area contributed by atoms with Gasteiger partial charge in [0, 0.05) is 27.7 Å². The van der Waals surface area contributed by atoms with Crippen molar-refractivity contribution in [2.75, 3.05) is 59.5 Å². The minimum absolute atomic E-state index is 0.846. The zero-order valence-electron chi connectivity index (χ0n) is 65.7. The van der Waals surface area contributed by atoms with E-state index in [0.29, 0.717) is 0 Å². The molecule has 122 heavy (non-hydrogen) atoms. The van der Waals surface area contributed by atoms with Crippen LogP contribution in [0.3, 0.4) is 0 Å². The van der Waals surface area contributed by atoms with Gasteiger partial charge in [0.1, 0.15) is 238 Å². The van der Waals surface area contributed by atoms with Gasteiger partial charge >= 0.3 is 0 Å². The quantitative estimate of drug-likeness (QED) is 0.0306. The van der Waals surface area contributed by atoms with Crippen molar-refractivity contribution in [3.8, 4) is 0 Å². The minimum atomic E-state index is -2.63. The molecule has 0 aromatic heterocycles. The van der Waals surface area contributed by atoms with E-state index in [1.807, 2.05) is 0 Å². The summed E-state index contributed by atoms with van der Waals surface area (Å²) in [7, 11) is 0. The van der Waals surface area contributed by atoms with Crippen LogP contribution in [0.15, 0.2) is 0 Å². The Morgan fingerprint density at radius 1 is 0.230 bits per heavy atom. The van der Waals surface area contributed by atoms with Gasteiger partial charge in [0.25, 0.3) is 0 Å². The van der Waals surface area contributed by atoms with E-state index in [-0.39, 0.29) is 0 Å². The van der Waals surface area contributed by atoms with Gasteiger partial charge in [0.2, 0.25) is 23.6 Å². The van der Waals surface area contributed by atoms with Crippen molar-refractivity contribution in [2.24, 2.45) is 0 Å². The molecule has 10 aliphatic rings. The summed E-state index contributed by atoms with van der Waals surface area (Å²) >= 11 is 0. The molecular formula is C68H114N4O50. The zero-order valence-corrected chi connectivity index (χ0v) is 65.7. The van der Waals surface area contributed by atoms with Gasteiger partial charge in [-0.25, -0.2) is 0 Å². The van der Waals surface area contributed by atoms with E-state index in [4.69, 9.17) is 90.0 Å². The van der Waals surface area contributed by atoms with Crippen LogP contribution in [0.5, 0.6) is 0 Å². The van der Waals surface area contributed by atoms with Crippen LogP contribution in [-0.2, 0) is 109 Å². The molecule has 0 radical (unpaired) electrons. The number of hydrogen-bond donors (Lipinski definition) is 31. The molecule has 4 amide bonds. The van der Waals surface area contributed by atoms with Gasteiger partial charge < -0.3 is 249 Å². The topological polar surface area (TPSA) is 838 Å². The fourth-order valence-electron chi connectivity index (χ4n) is 15.8. The zero-order chi connectivity index (χ0) is 89.8. The summed E-state index contributed by atoms with van der Waals surface area (Å²) < 4.78 is 113. The second-order valence-electron chi connectivity index (χ2n) is 31.0. The summed E-state index contributed by atoms with van der Waals surface area (Å²) in [6.45, 7) is -4.83. The van der Waals surface area contributed by atoms with Crippen LogP contribution < -0.4 is 21.3 Å². The maximum atomic E-state index is 13.3. The fraction of sp³-hybridized carbons (Fsp3) is 0.941. The van der Waals surface area contributed by atoms with Crippen LogP contribution in [0.25, 0.3) is 0 Å². The first-order valence-corrected chi connectivity index (χ1v) is 39.0. The Morgan fingerprint density at radius 3 is 0.893 bits per heavy atom. The SMILES string of the molecule is CC(=O)N[C@H]1[C@H](O[C@H]2[C@H](O)[C@@H](NC(C)=O)C(O)O[C@@H]2COC2O[C@@H](C)[C@@H](O)[C@@H](O)[C@@H]2O)O[C@H](CO)[C@@H](O[C@@H]2O[C@H](CO[C@H]3O[C@H](CO)[C@@H](O)[C@H](O)[C@@H]3O[C@@H]3O[C@H](CO)[C@@H](O[C@@H]4O[C@H](CO)[C@H](O)[C@H](O)[C@H]4O)[C@H](O)[C@H]3NC(C)=O)[C@@H](O)[C@H](O[C@H]3O[C@H](CO)[C@@H](O)[C@H](O)[C@@H]3O[C@@H]3O[C@H](CO)[C@@H](O[C@@H]4O[C@H](CO)[C@H](O)[C@H](O)[C@H]4O)[C@H](O)[C@H]3NC(C)=O)[C@@H]2O)[C@@H]1O. The highest BCUT2D eigenvalue weighted by Gasteiger charge is 2.62. The van der Waals surface area contributed by atoms with Crippen LogP contribution >= 0.6 is 0 Å². The van der Waals surface area contributed by atoms with Gasteiger partial charge in [-0.15, -0.1) is 0 Å². The van der Waals surface area contributed by atoms with Gasteiger partial charge in [-0.05, 0) is 6.92 Å². The van der Waals surface area contributed by atoms with E-state index in [0.717, 1.165) is 27.7 Å².